The van der Waals surface area contributed by atoms with Crippen molar-refractivity contribution in [2.75, 3.05) is 0 Å². The summed E-state index contributed by atoms with van der Waals surface area (Å²) in [5.74, 6) is -1.21. The fourth-order valence-corrected chi connectivity index (χ4v) is 1.95. The normalized spacial score (nSPS) is 11.8. The molecule has 0 aliphatic rings. The molecule has 2 aromatic carbocycles. The number of aldehydes is 1. The second kappa shape index (κ2) is 5.96. The summed E-state index contributed by atoms with van der Waals surface area (Å²) >= 11 is 0. The van der Waals surface area contributed by atoms with E-state index in [1.165, 1.54) is 12.1 Å². The number of hydrogen-bond acceptors (Lipinski definition) is 3. The van der Waals surface area contributed by atoms with Crippen molar-refractivity contribution < 1.29 is 14.7 Å². The molecule has 0 aliphatic carbocycles. The number of benzene rings is 2. The number of Topliss-reactive ketones (excluding diaryl/α,β-unsaturated/α-hetero) is 1. The van der Waals surface area contributed by atoms with Crippen LogP contribution in [0.5, 0.6) is 5.75 Å². The van der Waals surface area contributed by atoms with Crippen molar-refractivity contribution in [1.82, 2.24) is 0 Å². The second-order valence-electron chi connectivity index (χ2n) is 4.31. The maximum atomic E-state index is 12.2. The first-order chi connectivity index (χ1) is 9.22. The molecule has 96 valence electrons. The zero-order valence-electron chi connectivity index (χ0n) is 10.3. The molecule has 0 aliphatic heterocycles. The molecule has 0 spiro atoms. The van der Waals surface area contributed by atoms with Gasteiger partial charge in [0.25, 0.3) is 0 Å². The zero-order valence-corrected chi connectivity index (χ0v) is 10.3. The molecule has 0 saturated heterocycles. The van der Waals surface area contributed by atoms with Crippen LogP contribution in [0.15, 0.2) is 54.6 Å². The van der Waals surface area contributed by atoms with Gasteiger partial charge in [0.2, 0.25) is 0 Å². The van der Waals surface area contributed by atoms with Crippen LogP contribution >= 0.6 is 0 Å². The minimum absolute atomic E-state index is 0.0904. The van der Waals surface area contributed by atoms with Gasteiger partial charge in [-0.25, -0.2) is 0 Å². The molecule has 2 rings (SSSR count). The first kappa shape index (κ1) is 13.0. The summed E-state index contributed by atoms with van der Waals surface area (Å²) in [6, 6.07) is 15.6. The molecule has 3 nitrogen and oxygen atoms in total. The number of carbonyl (C=O) groups excluding carboxylic acids is 2. The number of carbonyl (C=O) groups is 2. The Bertz CT molecular complexity index is 576. The van der Waals surface area contributed by atoms with E-state index >= 15 is 0 Å². The average molecular weight is 254 g/mol. The van der Waals surface area contributed by atoms with Crippen molar-refractivity contribution >= 4 is 12.1 Å². The molecule has 1 atom stereocenters. The third kappa shape index (κ3) is 3.07. The Morgan fingerprint density at radius 2 is 1.68 bits per heavy atom. The molecule has 0 heterocycles. The van der Waals surface area contributed by atoms with E-state index in [0.717, 1.165) is 5.56 Å². The van der Waals surface area contributed by atoms with E-state index in [0.29, 0.717) is 12.7 Å². The van der Waals surface area contributed by atoms with Crippen LogP contribution < -0.4 is 0 Å². The fourth-order valence-electron chi connectivity index (χ4n) is 1.95. The Balaban J connectivity index is 2.21. The third-order valence-electron chi connectivity index (χ3n) is 2.97. The first-order valence-electron chi connectivity index (χ1n) is 6.04. The lowest BCUT2D eigenvalue weighted by atomic mass is 9.92. The molecule has 0 bridgehead atoms. The highest BCUT2D eigenvalue weighted by Crippen LogP contribution is 2.21. The van der Waals surface area contributed by atoms with E-state index in [-0.39, 0.29) is 17.1 Å². The molecule has 0 aromatic heterocycles. The molecule has 19 heavy (non-hydrogen) atoms. The molecular weight excluding hydrogens is 240 g/mol. The van der Waals surface area contributed by atoms with Gasteiger partial charge in [-0.3, -0.25) is 4.79 Å². The third-order valence-corrected chi connectivity index (χ3v) is 2.97. The van der Waals surface area contributed by atoms with E-state index in [9.17, 15) is 14.7 Å². The summed E-state index contributed by atoms with van der Waals surface area (Å²) in [6.07, 6.45) is 0.985. The lowest BCUT2D eigenvalue weighted by Crippen LogP contribution is -2.19. The van der Waals surface area contributed by atoms with Crippen LogP contribution in [-0.2, 0) is 11.2 Å². The van der Waals surface area contributed by atoms with Gasteiger partial charge in [-0.05, 0) is 24.1 Å². The summed E-state index contributed by atoms with van der Waals surface area (Å²) in [6.45, 7) is 0. The topological polar surface area (TPSA) is 54.4 Å². The Labute approximate surface area is 111 Å². The maximum absolute atomic E-state index is 12.2. The zero-order chi connectivity index (χ0) is 13.7. The highest BCUT2D eigenvalue weighted by molar-refractivity contribution is 6.07. The summed E-state index contributed by atoms with van der Waals surface area (Å²) in [7, 11) is 0. The summed E-state index contributed by atoms with van der Waals surface area (Å²) in [4.78, 5) is 23.3. The predicted octanol–water partition coefficient (Wildman–Crippen LogP) is 2.63. The van der Waals surface area contributed by atoms with Crippen LogP contribution in [0.1, 0.15) is 15.9 Å². The van der Waals surface area contributed by atoms with Gasteiger partial charge in [0.05, 0.1) is 11.5 Å². The van der Waals surface area contributed by atoms with Crippen molar-refractivity contribution in [3.8, 4) is 5.75 Å². The molecule has 1 unspecified atom stereocenters. The van der Waals surface area contributed by atoms with Crippen LogP contribution in [0.2, 0.25) is 0 Å². The van der Waals surface area contributed by atoms with Crippen LogP contribution in [0.3, 0.4) is 0 Å². The molecule has 1 N–H and O–H groups in total. The Kier molecular flexibility index (Phi) is 4.08. The van der Waals surface area contributed by atoms with Gasteiger partial charge >= 0.3 is 0 Å². The van der Waals surface area contributed by atoms with Crippen molar-refractivity contribution in [3.05, 3.63) is 65.7 Å². The number of aromatic hydroxyl groups is 1. The van der Waals surface area contributed by atoms with Crippen LogP contribution in [0, 0.1) is 5.92 Å². The quantitative estimate of drug-likeness (QED) is 0.507. The summed E-state index contributed by atoms with van der Waals surface area (Å²) < 4.78 is 0. The molecule has 0 saturated carbocycles. The second-order valence-corrected chi connectivity index (χ2v) is 4.31. The van der Waals surface area contributed by atoms with Crippen molar-refractivity contribution in [2.45, 2.75) is 6.42 Å². The highest BCUT2D eigenvalue weighted by atomic mass is 16.3. The van der Waals surface area contributed by atoms with Gasteiger partial charge in [0.1, 0.15) is 12.0 Å². The highest BCUT2D eigenvalue weighted by Gasteiger charge is 2.22. The summed E-state index contributed by atoms with van der Waals surface area (Å²) in [5, 5.41) is 9.65. The Morgan fingerprint density at radius 3 is 2.32 bits per heavy atom. The number of rotatable bonds is 5. The minimum Gasteiger partial charge on any atom is -0.507 e. The van der Waals surface area contributed by atoms with E-state index in [4.69, 9.17) is 0 Å². The fraction of sp³-hybridized carbons (Fsp3) is 0.125. The van der Waals surface area contributed by atoms with E-state index in [1.807, 2.05) is 30.3 Å². The standard InChI is InChI=1S/C16H14O3/c17-11-13(10-12-6-2-1-3-7-12)16(19)14-8-4-5-9-15(14)18/h1-9,11,13,18H,10H2. The number of phenols is 1. The van der Waals surface area contributed by atoms with Crippen molar-refractivity contribution in [1.29, 1.82) is 0 Å². The lowest BCUT2D eigenvalue weighted by Gasteiger charge is -2.10. The van der Waals surface area contributed by atoms with E-state index in [1.54, 1.807) is 12.1 Å². The van der Waals surface area contributed by atoms with Crippen molar-refractivity contribution in [3.63, 3.8) is 0 Å². The van der Waals surface area contributed by atoms with E-state index in [2.05, 4.69) is 0 Å². The maximum Gasteiger partial charge on any atom is 0.177 e. The van der Waals surface area contributed by atoms with Gasteiger partial charge in [-0.15, -0.1) is 0 Å². The molecule has 0 radical (unpaired) electrons. The van der Waals surface area contributed by atoms with Gasteiger partial charge in [-0.2, -0.15) is 0 Å². The number of para-hydroxylation sites is 1. The van der Waals surface area contributed by atoms with Gasteiger partial charge in [0.15, 0.2) is 5.78 Å². The van der Waals surface area contributed by atoms with Crippen LogP contribution in [0.4, 0.5) is 0 Å². The summed E-state index contributed by atoms with van der Waals surface area (Å²) in [5.41, 5.74) is 1.11. The lowest BCUT2D eigenvalue weighted by molar-refractivity contribution is -0.109. The van der Waals surface area contributed by atoms with Crippen LogP contribution in [-0.4, -0.2) is 17.2 Å². The first-order valence-corrected chi connectivity index (χ1v) is 6.04. The van der Waals surface area contributed by atoms with Gasteiger partial charge in [0, 0.05) is 0 Å². The number of ketones is 1. The average Bonchev–Trinajstić information content (AvgIpc) is 2.46. The monoisotopic (exact) mass is 254 g/mol. The smallest absolute Gasteiger partial charge is 0.177 e. The van der Waals surface area contributed by atoms with Crippen molar-refractivity contribution in [2.24, 2.45) is 5.92 Å². The predicted molar refractivity (Wildman–Crippen MR) is 72.1 cm³/mol. The molecule has 0 amide bonds. The molecular formula is C16H14O3. The minimum atomic E-state index is -0.768. The number of phenolic OH excluding ortho intramolecular Hbond substituents is 1. The largest absolute Gasteiger partial charge is 0.507 e. The Morgan fingerprint density at radius 1 is 1.05 bits per heavy atom. The molecule has 2 aromatic rings. The molecule has 3 heteroatoms. The number of hydrogen-bond donors (Lipinski definition) is 1. The SMILES string of the molecule is O=CC(Cc1ccccc1)C(=O)c1ccccc1O. The molecule has 0 fully saturated rings. The van der Waals surface area contributed by atoms with E-state index < -0.39 is 5.92 Å². The van der Waals surface area contributed by atoms with Crippen LogP contribution in [0.25, 0.3) is 0 Å². The van der Waals surface area contributed by atoms with Gasteiger partial charge in [-0.1, -0.05) is 42.5 Å². The van der Waals surface area contributed by atoms with Gasteiger partial charge < -0.3 is 9.90 Å². The Hall–Kier alpha value is -2.42.